The van der Waals surface area contributed by atoms with Crippen molar-refractivity contribution >= 4 is 21.8 Å². The van der Waals surface area contributed by atoms with E-state index in [0.29, 0.717) is 6.04 Å². The van der Waals surface area contributed by atoms with Crippen molar-refractivity contribution in [3.8, 4) is 5.75 Å². The zero-order valence-electron chi connectivity index (χ0n) is 13.1. The van der Waals surface area contributed by atoms with Crippen LogP contribution in [0, 0.1) is 6.92 Å². The first-order valence-corrected chi connectivity index (χ1v) is 8.48. The molecule has 1 atom stereocenters. The largest absolute Gasteiger partial charge is 0.480 e. The minimum atomic E-state index is -0.462. The molecule has 1 amide bonds. The van der Waals surface area contributed by atoms with E-state index in [-0.39, 0.29) is 5.91 Å². The second-order valence-corrected chi connectivity index (χ2v) is 6.79. The maximum Gasteiger partial charge on any atom is 0.263 e. The number of carbonyl (C=O) groups excluding carboxylic acids is 1. The highest BCUT2D eigenvalue weighted by Gasteiger charge is 2.26. The fraction of sp³-hybridized carbons (Fsp3) is 0.588. The number of nitrogens with zero attached hydrogens (tertiary/aromatic N) is 1. The summed E-state index contributed by atoms with van der Waals surface area (Å²) in [6, 6.07) is 6.27. The van der Waals surface area contributed by atoms with Crippen molar-refractivity contribution < 1.29 is 9.53 Å². The van der Waals surface area contributed by atoms with Gasteiger partial charge in [0.05, 0.1) is 4.47 Å². The monoisotopic (exact) mass is 353 g/mol. The number of rotatable bonds is 4. The quantitative estimate of drug-likeness (QED) is 0.806. The van der Waals surface area contributed by atoms with Crippen molar-refractivity contribution in [2.75, 3.05) is 7.05 Å². The molecular weight excluding hydrogens is 330 g/mol. The SMILES string of the molecule is Cc1ccc(OC(C)C(=O)N(C)C2CCCCC2)c(Br)c1. The molecule has 0 aliphatic heterocycles. The fourth-order valence-corrected chi connectivity index (χ4v) is 3.46. The van der Waals surface area contributed by atoms with Crippen molar-refractivity contribution in [3.63, 3.8) is 0 Å². The number of hydrogen-bond acceptors (Lipinski definition) is 2. The van der Waals surface area contributed by atoms with Gasteiger partial charge in [0.2, 0.25) is 0 Å². The van der Waals surface area contributed by atoms with Crippen molar-refractivity contribution in [2.24, 2.45) is 0 Å². The van der Waals surface area contributed by atoms with Crippen LogP contribution in [0.15, 0.2) is 22.7 Å². The van der Waals surface area contributed by atoms with Gasteiger partial charge in [-0.25, -0.2) is 0 Å². The average molecular weight is 354 g/mol. The van der Waals surface area contributed by atoms with Gasteiger partial charge in [-0.15, -0.1) is 0 Å². The molecule has 0 N–H and O–H groups in total. The summed E-state index contributed by atoms with van der Waals surface area (Å²) in [6.07, 6.45) is 5.51. The molecule has 0 heterocycles. The summed E-state index contributed by atoms with van der Waals surface area (Å²) in [6.45, 7) is 3.86. The zero-order valence-corrected chi connectivity index (χ0v) is 14.6. The molecule has 1 aliphatic carbocycles. The van der Waals surface area contributed by atoms with Crippen LogP contribution in [0.3, 0.4) is 0 Å². The fourth-order valence-electron chi connectivity index (χ4n) is 2.88. The van der Waals surface area contributed by atoms with Crippen LogP contribution in [0.2, 0.25) is 0 Å². The molecule has 0 radical (unpaired) electrons. The van der Waals surface area contributed by atoms with Gasteiger partial charge >= 0.3 is 0 Å². The minimum Gasteiger partial charge on any atom is -0.480 e. The second-order valence-electron chi connectivity index (χ2n) is 5.93. The molecule has 116 valence electrons. The number of carbonyl (C=O) groups is 1. The lowest BCUT2D eigenvalue weighted by Crippen LogP contribution is -2.44. The number of halogens is 1. The van der Waals surface area contributed by atoms with Gasteiger partial charge in [0.15, 0.2) is 6.10 Å². The van der Waals surface area contributed by atoms with E-state index in [4.69, 9.17) is 4.74 Å². The van der Waals surface area contributed by atoms with E-state index in [1.54, 1.807) is 0 Å². The first-order chi connectivity index (χ1) is 9.99. The predicted octanol–water partition coefficient (Wildman–Crippen LogP) is 4.32. The smallest absolute Gasteiger partial charge is 0.263 e. The molecule has 3 nitrogen and oxygen atoms in total. The van der Waals surface area contributed by atoms with Crippen LogP contribution in [-0.4, -0.2) is 30.0 Å². The Morgan fingerprint density at radius 2 is 2.00 bits per heavy atom. The van der Waals surface area contributed by atoms with Gasteiger partial charge in [0.25, 0.3) is 5.91 Å². The average Bonchev–Trinajstić information content (AvgIpc) is 2.49. The normalized spacial score (nSPS) is 17.3. The molecular formula is C17H24BrNO2. The van der Waals surface area contributed by atoms with Gasteiger partial charge in [-0.3, -0.25) is 4.79 Å². The number of aryl methyl sites for hydroxylation is 1. The molecule has 0 aromatic heterocycles. The number of ether oxygens (including phenoxy) is 1. The van der Waals surface area contributed by atoms with Crippen molar-refractivity contribution in [2.45, 2.75) is 58.1 Å². The Labute approximate surface area is 135 Å². The molecule has 0 spiro atoms. The molecule has 1 unspecified atom stereocenters. The lowest BCUT2D eigenvalue weighted by Gasteiger charge is -2.33. The standard InChI is InChI=1S/C17H24BrNO2/c1-12-9-10-16(15(18)11-12)21-13(2)17(20)19(3)14-7-5-4-6-8-14/h9-11,13-14H,4-8H2,1-3H3. The van der Waals surface area contributed by atoms with E-state index in [9.17, 15) is 4.79 Å². The number of amides is 1. The number of benzene rings is 1. The Morgan fingerprint density at radius 3 is 2.62 bits per heavy atom. The van der Waals surface area contributed by atoms with E-state index < -0.39 is 6.10 Å². The maximum absolute atomic E-state index is 12.5. The third kappa shape index (κ3) is 4.22. The third-order valence-electron chi connectivity index (χ3n) is 4.21. The van der Waals surface area contributed by atoms with E-state index in [0.717, 1.165) is 28.6 Å². The zero-order chi connectivity index (χ0) is 15.4. The molecule has 0 saturated heterocycles. The summed E-state index contributed by atoms with van der Waals surface area (Å²) >= 11 is 3.49. The van der Waals surface area contributed by atoms with Gasteiger partial charge in [-0.05, 0) is 60.3 Å². The highest BCUT2D eigenvalue weighted by Crippen LogP contribution is 2.27. The van der Waals surface area contributed by atoms with E-state index >= 15 is 0 Å². The third-order valence-corrected chi connectivity index (χ3v) is 4.83. The molecule has 1 fully saturated rings. The maximum atomic E-state index is 12.5. The highest BCUT2D eigenvalue weighted by molar-refractivity contribution is 9.10. The lowest BCUT2D eigenvalue weighted by atomic mass is 9.94. The molecule has 1 aromatic carbocycles. The highest BCUT2D eigenvalue weighted by atomic mass is 79.9. The van der Waals surface area contributed by atoms with Crippen LogP contribution >= 0.6 is 15.9 Å². The van der Waals surface area contributed by atoms with Crippen LogP contribution in [0.4, 0.5) is 0 Å². The van der Waals surface area contributed by atoms with Crippen molar-refractivity contribution in [1.29, 1.82) is 0 Å². The summed E-state index contributed by atoms with van der Waals surface area (Å²) in [7, 11) is 1.91. The summed E-state index contributed by atoms with van der Waals surface area (Å²) in [5.74, 6) is 0.785. The molecule has 1 aromatic rings. The number of likely N-dealkylation sites (N-methyl/N-ethyl adjacent to an activating group) is 1. The van der Waals surface area contributed by atoms with E-state index in [1.165, 1.54) is 19.3 Å². The lowest BCUT2D eigenvalue weighted by molar-refractivity contribution is -0.139. The van der Waals surface area contributed by atoms with Crippen LogP contribution < -0.4 is 4.74 Å². The van der Waals surface area contributed by atoms with Crippen molar-refractivity contribution in [1.82, 2.24) is 4.90 Å². The Kier molecular flexibility index (Phi) is 5.68. The molecule has 2 rings (SSSR count). The first kappa shape index (κ1) is 16.3. The Morgan fingerprint density at radius 1 is 1.33 bits per heavy atom. The molecule has 21 heavy (non-hydrogen) atoms. The summed E-state index contributed by atoms with van der Waals surface area (Å²) in [5.41, 5.74) is 1.16. The van der Waals surface area contributed by atoms with Gasteiger partial charge in [0.1, 0.15) is 5.75 Å². The molecule has 1 saturated carbocycles. The number of hydrogen-bond donors (Lipinski definition) is 0. The van der Waals surface area contributed by atoms with Gasteiger partial charge in [-0.2, -0.15) is 0 Å². The van der Waals surface area contributed by atoms with Crippen LogP contribution in [0.25, 0.3) is 0 Å². The van der Waals surface area contributed by atoms with Gasteiger partial charge in [0, 0.05) is 13.1 Å². The molecule has 0 bridgehead atoms. The Bertz CT molecular complexity index is 498. The molecule has 4 heteroatoms. The van der Waals surface area contributed by atoms with Gasteiger partial charge in [-0.1, -0.05) is 25.3 Å². The summed E-state index contributed by atoms with van der Waals surface area (Å²) < 4.78 is 6.73. The summed E-state index contributed by atoms with van der Waals surface area (Å²) in [5, 5.41) is 0. The van der Waals surface area contributed by atoms with E-state index in [1.807, 2.05) is 44.0 Å². The van der Waals surface area contributed by atoms with Gasteiger partial charge < -0.3 is 9.64 Å². The van der Waals surface area contributed by atoms with Crippen molar-refractivity contribution in [3.05, 3.63) is 28.2 Å². The molecule has 1 aliphatic rings. The second kappa shape index (κ2) is 7.30. The first-order valence-electron chi connectivity index (χ1n) is 7.68. The predicted molar refractivity (Wildman–Crippen MR) is 88.6 cm³/mol. The van der Waals surface area contributed by atoms with Crippen LogP contribution in [-0.2, 0) is 4.79 Å². The van der Waals surface area contributed by atoms with Crippen LogP contribution in [0.1, 0.15) is 44.6 Å². The minimum absolute atomic E-state index is 0.0642. The topological polar surface area (TPSA) is 29.5 Å². The van der Waals surface area contributed by atoms with E-state index in [2.05, 4.69) is 15.9 Å². The Balaban J connectivity index is 1.98. The Hall–Kier alpha value is -1.03. The van der Waals surface area contributed by atoms with Crippen LogP contribution in [0.5, 0.6) is 5.75 Å². The summed E-state index contributed by atoms with van der Waals surface area (Å²) in [4.78, 5) is 14.4.